The van der Waals surface area contributed by atoms with E-state index in [1.165, 1.54) is 0 Å². The molecule has 0 aliphatic carbocycles. The van der Waals surface area contributed by atoms with Crippen molar-refractivity contribution in [3.8, 4) is 11.4 Å². The lowest BCUT2D eigenvalue weighted by Crippen LogP contribution is -2.11. The highest BCUT2D eigenvalue weighted by atomic mass is 32.1. The maximum absolute atomic E-state index is 5.43. The molecule has 3 N–H and O–H groups in total. The molecule has 0 radical (unpaired) electrons. The number of nitrogen functional groups attached to an aromatic ring is 1. The molecule has 0 saturated carbocycles. The number of nitrogens with one attached hydrogen (secondary N) is 1. The molecule has 2 aromatic rings. The van der Waals surface area contributed by atoms with Gasteiger partial charge in [-0.1, -0.05) is 13.8 Å². The second-order valence-electron chi connectivity index (χ2n) is 4.32. The SMILES string of the molecule is CC(C)Cc1cc(NN)nc(-c2ccsc2)n1. The number of nitrogens with zero attached hydrogens (tertiary/aromatic N) is 2. The van der Waals surface area contributed by atoms with Gasteiger partial charge in [-0.3, -0.25) is 0 Å². The van der Waals surface area contributed by atoms with Gasteiger partial charge in [-0.25, -0.2) is 15.8 Å². The van der Waals surface area contributed by atoms with Gasteiger partial charge in [0.25, 0.3) is 0 Å². The van der Waals surface area contributed by atoms with Gasteiger partial charge in [0, 0.05) is 22.7 Å². The standard InChI is InChI=1S/C12H16N4S/c1-8(2)5-10-6-11(16-13)15-12(14-10)9-3-4-17-7-9/h3-4,6-8H,5,13H2,1-2H3,(H,14,15,16). The summed E-state index contributed by atoms with van der Waals surface area (Å²) in [5.74, 6) is 7.39. The Labute approximate surface area is 105 Å². The molecule has 0 aliphatic rings. The van der Waals surface area contributed by atoms with E-state index in [1.807, 2.05) is 22.9 Å². The van der Waals surface area contributed by atoms with Crippen LogP contribution in [-0.2, 0) is 6.42 Å². The molecule has 0 aliphatic heterocycles. The van der Waals surface area contributed by atoms with Crippen molar-refractivity contribution in [2.24, 2.45) is 11.8 Å². The minimum Gasteiger partial charge on any atom is -0.308 e. The lowest BCUT2D eigenvalue weighted by Gasteiger charge is -2.08. The second-order valence-corrected chi connectivity index (χ2v) is 5.10. The predicted molar refractivity (Wildman–Crippen MR) is 71.7 cm³/mol. The highest BCUT2D eigenvalue weighted by molar-refractivity contribution is 7.08. The lowest BCUT2D eigenvalue weighted by atomic mass is 10.1. The summed E-state index contributed by atoms with van der Waals surface area (Å²) in [6, 6.07) is 3.91. The second kappa shape index (κ2) is 5.25. The van der Waals surface area contributed by atoms with E-state index in [4.69, 9.17) is 5.84 Å². The van der Waals surface area contributed by atoms with E-state index in [0.29, 0.717) is 11.7 Å². The lowest BCUT2D eigenvalue weighted by molar-refractivity contribution is 0.635. The number of rotatable bonds is 4. The van der Waals surface area contributed by atoms with Crippen molar-refractivity contribution < 1.29 is 0 Å². The van der Waals surface area contributed by atoms with Gasteiger partial charge in [-0.15, -0.1) is 0 Å². The first-order valence-corrected chi connectivity index (χ1v) is 6.50. The van der Waals surface area contributed by atoms with Crippen LogP contribution in [-0.4, -0.2) is 9.97 Å². The number of hydrogen-bond acceptors (Lipinski definition) is 5. The van der Waals surface area contributed by atoms with Crippen LogP contribution in [0.3, 0.4) is 0 Å². The summed E-state index contributed by atoms with van der Waals surface area (Å²) >= 11 is 1.64. The van der Waals surface area contributed by atoms with Crippen molar-refractivity contribution >= 4 is 17.2 Å². The molecule has 0 atom stereocenters. The molecule has 0 fully saturated rings. The van der Waals surface area contributed by atoms with Gasteiger partial charge in [0.05, 0.1) is 0 Å². The first-order valence-electron chi connectivity index (χ1n) is 5.56. The third kappa shape index (κ3) is 3.01. The van der Waals surface area contributed by atoms with Gasteiger partial charge in [0.2, 0.25) is 0 Å². The van der Waals surface area contributed by atoms with Crippen molar-refractivity contribution in [3.05, 3.63) is 28.6 Å². The molecule has 4 nitrogen and oxygen atoms in total. The van der Waals surface area contributed by atoms with Crippen molar-refractivity contribution in [1.29, 1.82) is 0 Å². The predicted octanol–water partition coefficient (Wildman–Crippen LogP) is 2.69. The van der Waals surface area contributed by atoms with Crippen LogP contribution >= 0.6 is 11.3 Å². The molecule has 2 aromatic heterocycles. The quantitative estimate of drug-likeness (QED) is 0.645. The maximum Gasteiger partial charge on any atom is 0.162 e. The van der Waals surface area contributed by atoms with Gasteiger partial charge in [0.1, 0.15) is 5.82 Å². The summed E-state index contributed by atoms with van der Waals surface area (Å²) < 4.78 is 0. The first kappa shape index (κ1) is 12.0. The Morgan fingerprint density at radius 3 is 2.82 bits per heavy atom. The highest BCUT2D eigenvalue weighted by Crippen LogP contribution is 2.21. The van der Waals surface area contributed by atoms with Gasteiger partial charge < -0.3 is 5.43 Å². The average molecular weight is 248 g/mol. The zero-order valence-corrected chi connectivity index (χ0v) is 10.8. The van der Waals surface area contributed by atoms with E-state index in [9.17, 15) is 0 Å². The van der Waals surface area contributed by atoms with Crippen LogP contribution in [0, 0.1) is 5.92 Å². The van der Waals surface area contributed by atoms with Crippen LogP contribution in [0.15, 0.2) is 22.9 Å². The summed E-state index contributed by atoms with van der Waals surface area (Å²) in [6.07, 6.45) is 0.925. The van der Waals surface area contributed by atoms with Gasteiger partial charge in [-0.05, 0) is 23.8 Å². The average Bonchev–Trinajstić information content (AvgIpc) is 2.81. The van der Waals surface area contributed by atoms with E-state index in [-0.39, 0.29) is 0 Å². The number of anilines is 1. The molecular weight excluding hydrogens is 232 g/mol. The largest absolute Gasteiger partial charge is 0.308 e. The monoisotopic (exact) mass is 248 g/mol. The fourth-order valence-corrected chi connectivity index (χ4v) is 2.25. The Bertz CT molecular complexity index is 479. The Hall–Kier alpha value is -1.46. The number of aromatic nitrogens is 2. The third-order valence-electron chi connectivity index (χ3n) is 2.32. The number of nitrogens with two attached hydrogens (primary N) is 1. The molecule has 0 bridgehead atoms. The van der Waals surface area contributed by atoms with E-state index >= 15 is 0 Å². The topological polar surface area (TPSA) is 63.8 Å². The highest BCUT2D eigenvalue weighted by Gasteiger charge is 2.08. The van der Waals surface area contributed by atoms with E-state index in [0.717, 1.165) is 23.5 Å². The summed E-state index contributed by atoms with van der Waals surface area (Å²) in [5.41, 5.74) is 4.65. The summed E-state index contributed by atoms with van der Waals surface area (Å²) in [7, 11) is 0. The van der Waals surface area contributed by atoms with Crippen molar-refractivity contribution in [3.63, 3.8) is 0 Å². The number of hydrazine groups is 1. The van der Waals surface area contributed by atoms with E-state index in [2.05, 4.69) is 29.2 Å². The molecule has 2 rings (SSSR count). The third-order valence-corrected chi connectivity index (χ3v) is 3.01. The summed E-state index contributed by atoms with van der Waals surface area (Å²) in [6.45, 7) is 4.34. The van der Waals surface area contributed by atoms with Crippen LogP contribution in [0.1, 0.15) is 19.5 Å². The van der Waals surface area contributed by atoms with Crippen LogP contribution in [0.25, 0.3) is 11.4 Å². The molecular formula is C12H16N4S. The minimum absolute atomic E-state index is 0.561. The fraction of sp³-hybridized carbons (Fsp3) is 0.333. The molecule has 5 heteroatoms. The summed E-state index contributed by atoms with van der Waals surface area (Å²) in [4.78, 5) is 8.93. The molecule has 2 heterocycles. The normalized spacial score (nSPS) is 10.8. The number of thiophene rings is 1. The Balaban J connectivity index is 2.38. The van der Waals surface area contributed by atoms with Gasteiger partial charge >= 0.3 is 0 Å². The van der Waals surface area contributed by atoms with Gasteiger partial charge in [0.15, 0.2) is 5.82 Å². The number of hydrogen-bond donors (Lipinski definition) is 2. The molecule has 0 saturated heterocycles. The molecule has 0 amide bonds. The molecule has 90 valence electrons. The molecule has 17 heavy (non-hydrogen) atoms. The molecule has 0 aromatic carbocycles. The van der Waals surface area contributed by atoms with Crippen LogP contribution in [0.2, 0.25) is 0 Å². The van der Waals surface area contributed by atoms with Crippen LogP contribution < -0.4 is 11.3 Å². The van der Waals surface area contributed by atoms with Crippen molar-refractivity contribution in [2.45, 2.75) is 20.3 Å². The van der Waals surface area contributed by atoms with Crippen LogP contribution in [0.4, 0.5) is 5.82 Å². The van der Waals surface area contributed by atoms with Crippen molar-refractivity contribution in [2.75, 3.05) is 5.43 Å². The first-order chi connectivity index (χ1) is 8.19. The molecule has 0 spiro atoms. The zero-order chi connectivity index (χ0) is 12.3. The fourth-order valence-electron chi connectivity index (χ4n) is 1.62. The minimum atomic E-state index is 0.561. The Morgan fingerprint density at radius 2 is 2.24 bits per heavy atom. The van der Waals surface area contributed by atoms with Gasteiger partial charge in [-0.2, -0.15) is 11.3 Å². The van der Waals surface area contributed by atoms with E-state index in [1.54, 1.807) is 11.3 Å². The smallest absolute Gasteiger partial charge is 0.162 e. The van der Waals surface area contributed by atoms with Crippen LogP contribution in [0.5, 0.6) is 0 Å². The van der Waals surface area contributed by atoms with E-state index < -0.39 is 0 Å². The van der Waals surface area contributed by atoms with Crippen molar-refractivity contribution in [1.82, 2.24) is 9.97 Å². The zero-order valence-electron chi connectivity index (χ0n) is 9.97. The Morgan fingerprint density at radius 1 is 1.41 bits per heavy atom. The summed E-state index contributed by atoms with van der Waals surface area (Å²) in [5, 5.41) is 4.05. The Kier molecular flexibility index (Phi) is 3.71. The molecule has 0 unspecified atom stereocenters. The maximum atomic E-state index is 5.43.